The Kier molecular flexibility index (Phi) is 5.38. The zero-order chi connectivity index (χ0) is 25.8. The first-order valence-corrected chi connectivity index (χ1v) is 12.3. The van der Waals surface area contributed by atoms with Crippen molar-refractivity contribution in [2.24, 2.45) is 0 Å². The molecular weight excluding hydrogens is 494 g/mol. The van der Waals surface area contributed by atoms with Crippen molar-refractivity contribution in [1.82, 2.24) is 19.5 Å². The molecule has 0 spiro atoms. The van der Waals surface area contributed by atoms with Crippen molar-refractivity contribution in [3.63, 3.8) is 0 Å². The number of H-pyrrole nitrogens is 2. The summed E-state index contributed by atoms with van der Waals surface area (Å²) < 4.78 is 49.4. The Balaban J connectivity index is 1.15. The molecule has 2 N–H and O–H groups in total. The van der Waals surface area contributed by atoms with Crippen molar-refractivity contribution in [1.29, 1.82) is 0 Å². The number of fused-ring (bicyclic) bond motifs is 2. The van der Waals surface area contributed by atoms with Gasteiger partial charge in [0, 0.05) is 25.1 Å². The Morgan fingerprint density at radius 3 is 2.47 bits per heavy atom. The van der Waals surface area contributed by atoms with Crippen LogP contribution in [0.3, 0.4) is 0 Å². The molecule has 3 aromatic carbocycles. The van der Waals surface area contributed by atoms with Gasteiger partial charge in [0.1, 0.15) is 17.4 Å². The Morgan fingerprint density at radius 2 is 1.74 bits per heavy atom. The molecule has 0 aliphatic carbocycles. The third-order valence-electron chi connectivity index (χ3n) is 7.13. The predicted molar refractivity (Wildman–Crippen MR) is 135 cm³/mol. The van der Waals surface area contributed by atoms with E-state index in [1.165, 1.54) is 10.6 Å². The number of hydrogen-bond acceptors (Lipinski definition) is 5. The molecule has 3 atom stereocenters. The Hall–Kier alpha value is -4.28. The van der Waals surface area contributed by atoms with Crippen molar-refractivity contribution in [3.05, 3.63) is 89.1 Å². The SMILES string of the molecule is O=c1[nH]ccn1-c1ccc(-c2ccc(-c3c(F)cc4[nH]c(OC5CO[C@@H]6CCO[C@H]56)nc4c3F)cc2)cc1. The van der Waals surface area contributed by atoms with Gasteiger partial charge in [0.2, 0.25) is 0 Å². The van der Waals surface area contributed by atoms with Crippen LogP contribution in [0.2, 0.25) is 0 Å². The second-order valence-electron chi connectivity index (χ2n) is 9.40. The van der Waals surface area contributed by atoms with Crippen LogP contribution in [0.25, 0.3) is 39.0 Å². The number of nitrogens with zero attached hydrogens (tertiary/aromatic N) is 2. The standard InChI is InChI=1S/C28H22F2N4O4/c29-19-13-20-25(33-27(32-20)38-22-14-37-21-9-12-36-26(21)22)24(30)23(19)17-3-1-15(2-4-17)16-5-7-18(8-6-16)34-11-10-31-28(34)35/h1-8,10-11,13,21-22,26H,9,12,14H2,(H,31,35)(H,32,33)/t21-,22?,26+/m1/s1. The lowest BCUT2D eigenvalue weighted by atomic mass is 9.99. The molecule has 0 radical (unpaired) electrons. The summed E-state index contributed by atoms with van der Waals surface area (Å²) in [6.45, 7) is 0.964. The summed E-state index contributed by atoms with van der Waals surface area (Å²) in [6.07, 6.45) is 3.49. The van der Waals surface area contributed by atoms with E-state index in [0.29, 0.717) is 18.8 Å². The highest BCUT2D eigenvalue weighted by Gasteiger charge is 2.43. The summed E-state index contributed by atoms with van der Waals surface area (Å²) >= 11 is 0. The minimum atomic E-state index is -0.766. The van der Waals surface area contributed by atoms with E-state index in [-0.39, 0.29) is 46.6 Å². The van der Waals surface area contributed by atoms with Crippen molar-refractivity contribution in [2.45, 2.75) is 24.7 Å². The molecule has 2 saturated heterocycles. The van der Waals surface area contributed by atoms with Crippen LogP contribution in [0.4, 0.5) is 8.78 Å². The van der Waals surface area contributed by atoms with Crippen LogP contribution >= 0.6 is 0 Å². The van der Waals surface area contributed by atoms with Crippen molar-refractivity contribution in [2.75, 3.05) is 13.2 Å². The second kappa shape index (κ2) is 8.93. The number of imidazole rings is 2. The molecule has 1 unspecified atom stereocenters. The monoisotopic (exact) mass is 516 g/mol. The maximum absolute atomic E-state index is 15.5. The Bertz CT molecular complexity index is 1690. The van der Waals surface area contributed by atoms with Crippen LogP contribution in [0, 0.1) is 11.6 Å². The highest BCUT2D eigenvalue weighted by atomic mass is 19.1. The van der Waals surface area contributed by atoms with Crippen LogP contribution in [0.1, 0.15) is 6.42 Å². The number of hydrogen-bond donors (Lipinski definition) is 2. The normalized spacial score (nSPS) is 20.7. The first-order valence-electron chi connectivity index (χ1n) is 12.3. The number of ether oxygens (including phenoxy) is 3. The average Bonchev–Trinajstić information content (AvgIpc) is 3.71. The Labute approximate surface area is 214 Å². The molecule has 38 heavy (non-hydrogen) atoms. The number of aromatic amines is 2. The molecule has 4 heterocycles. The predicted octanol–water partition coefficient (Wildman–Crippen LogP) is 4.59. The molecule has 0 saturated carbocycles. The van der Waals surface area contributed by atoms with Crippen LogP contribution < -0.4 is 10.4 Å². The van der Waals surface area contributed by atoms with Gasteiger partial charge in [-0.15, -0.1) is 0 Å². The molecule has 8 nitrogen and oxygen atoms in total. The summed E-state index contributed by atoms with van der Waals surface area (Å²) in [7, 11) is 0. The van der Waals surface area contributed by atoms with E-state index in [1.807, 2.05) is 24.3 Å². The summed E-state index contributed by atoms with van der Waals surface area (Å²) in [6, 6.07) is 15.7. The van der Waals surface area contributed by atoms with Crippen LogP contribution in [0.5, 0.6) is 6.01 Å². The van der Waals surface area contributed by atoms with Crippen LogP contribution in [-0.4, -0.2) is 51.0 Å². The lowest BCUT2D eigenvalue weighted by Gasteiger charge is -2.15. The van der Waals surface area contributed by atoms with E-state index in [9.17, 15) is 4.79 Å². The smallest absolute Gasteiger partial charge is 0.330 e. The molecule has 5 aromatic rings. The van der Waals surface area contributed by atoms with Gasteiger partial charge in [0.25, 0.3) is 6.01 Å². The number of rotatable bonds is 5. The third kappa shape index (κ3) is 3.80. The van der Waals surface area contributed by atoms with Crippen LogP contribution in [0.15, 0.2) is 71.8 Å². The van der Waals surface area contributed by atoms with Gasteiger partial charge in [-0.2, -0.15) is 4.98 Å². The van der Waals surface area contributed by atoms with Crippen LogP contribution in [-0.2, 0) is 9.47 Å². The van der Waals surface area contributed by atoms with Gasteiger partial charge in [0.15, 0.2) is 11.9 Å². The lowest BCUT2D eigenvalue weighted by molar-refractivity contribution is 0.0273. The molecule has 7 rings (SSSR count). The second-order valence-corrected chi connectivity index (χ2v) is 9.40. The minimum Gasteiger partial charge on any atom is -0.456 e. The van der Waals surface area contributed by atoms with Gasteiger partial charge in [-0.05, 0) is 35.2 Å². The van der Waals surface area contributed by atoms with Gasteiger partial charge >= 0.3 is 5.69 Å². The number of halogens is 2. The first-order chi connectivity index (χ1) is 18.5. The highest BCUT2D eigenvalue weighted by molar-refractivity contribution is 5.84. The van der Waals surface area contributed by atoms with Gasteiger partial charge in [-0.3, -0.25) is 4.57 Å². The van der Waals surface area contributed by atoms with E-state index in [1.54, 1.807) is 36.7 Å². The highest BCUT2D eigenvalue weighted by Crippen LogP contribution is 2.34. The lowest BCUT2D eigenvalue weighted by Crippen LogP contribution is -2.32. The third-order valence-corrected chi connectivity index (χ3v) is 7.13. The van der Waals surface area contributed by atoms with Gasteiger partial charge in [-0.25, -0.2) is 13.6 Å². The van der Waals surface area contributed by atoms with Crippen molar-refractivity contribution in [3.8, 4) is 34.0 Å². The van der Waals surface area contributed by atoms with E-state index in [0.717, 1.165) is 23.2 Å². The molecule has 2 aromatic heterocycles. The van der Waals surface area contributed by atoms with E-state index < -0.39 is 11.6 Å². The van der Waals surface area contributed by atoms with Crippen molar-refractivity contribution >= 4 is 11.0 Å². The molecule has 0 bridgehead atoms. The fraction of sp³-hybridized carbons (Fsp3) is 0.214. The maximum Gasteiger partial charge on any atom is 0.330 e. The first kappa shape index (κ1) is 22.9. The van der Waals surface area contributed by atoms with Gasteiger partial charge < -0.3 is 24.2 Å². The van der Waals surface area contributed by atoms with Crippen molar-refractivity contribution < 1.29 is 23.0 Å². The topological polar surface area (TPSA) is 94.2 Å². The van der Waals surface area contributed by atoms with Gasteiger partial charge in [0.05, 0.1) is 29.5 Å². The molecule has 10 heteroatoms. The molecule has 2 fully saturated rings. The number of aromatic nitrogens is 4. The molecule has 2 aliphatic heterocycles. The largest absolute Gasteiger partial charge is 0.456 e. The number of benzene rings is 3. The van der Waals surface area contributed by atoms with E-state index in [4.69, 9.17) is 14.2 Å². The zero-order valence-electron chi connectivity index (χ0n) is 20.0. The summed E-state index contributed by atoms with van der Waals surface area (Å²) in [5.41, 5.74) is 2.71. The minimum absolute atomic E-state index is 0.00105. The fourth-order valence-electron chi connectivity index (χ4n) is 5.22. The average molecular weight is 517 g/mol. The fourth-order valence-corrected chi connectivity index (χ4v) is 5.22. The molecule has 192 valence electrons. The summed E-state index contributed by atoms with van der Waals surface area (Å²) in [4.78, 5) is 21.6. The Morgan fingerprint density at radius 1 is 1.00 bits per heavy atom. The molecular formula is C28H22F2N4O4. The van der Waals surface area contributed by atoms with E-state index in [2.05, 4.69) is 15.0 Å². The van der Waals surface area contributed by atoms with Gasteiger partial charge in [-0.1, -0.05) is 36.4 Å². The zero-order valence-corrected chi connectivity index (χ0v) is 20.0. The quantitative estimate of drug-likeness (QED) is 0.357. The molecule has 0 amide bonds. The van der Waals surface area contributed by atoms with E-state index >= 15 is 8.78 Å². The summed E-state index contributed by atoms with van der Waals surface area (Å²) in [5.74, 6) is -1.47. The number of nitrogens with one attached hydrogen (secondary N) is 2. The maximum atomic E-state index is 15.5. The summed E-state index contributed by atoms with van der Waals surface area (Å²) in [5, 5.41) is 0. The molecule has 2 aliphatic rings.